The first-order valence-corrected chi connectivity index (χ1v) is 24.4. The third-order valence-corrected chi connectivity index (χ3v) is 19.1. The molecule has 26 atom stereocenters. The Morgan fingerprint density at radius 3 is 2.00 bits per heavy atom. The summed E-state index contributed by atoms with van der Waals surface area (Å²) in [5, 5.41) is 119. The van der Waals surface area contributed by atoms with Gasteiger partial charge in [-0.1, -0.05) is 59.6 Å². The molecule has 20 heteroatoms. The fraction of sp³-hybridized carbons (Fsp3) is 0.896. The number of aliphatic hydroxyl groups is 9. The minimum Gasteiger partial charge on any atom is -0.481 e. The molecular weight excluding hydrogens is 897 g/mol. The van der Waals surface area contributed by atoms with E-state index in [2.05, 4.69) is 47.6 Å². The Kier molecular flexibility index (Phi) is 14.1. The molecule has 4 saturated carbocycles. The third-order valence-electron chi connectivity index (χ3n) is 19.1. The van der Waals surface area contributed by atoms with Crippen molar-refractivity contribution in [1.82, 2.24) is 0 Å². The van der Waals surface area contributed by atoms with E-state index in [4.69, 9.17) is 28.4 Å². The number of fused-ring (bicyclic) bond motifs is 5. The second kappa shape index (κ2) is 18.4. The Balaban J connectivity index is 1.13. The van der Waals surface area contributed by atoms with Crippen LogP contribution in [0.1, 0.15) is 99.8 Å². The number of carboxylic acids is 2. The van der Waals surface area contributed by atoms with Crippen molar-refractivity contribution in [3.05, 3.63) is 11.6 Å². The summed E-state index contributed by atoms with van der Waals surface area (Å²) in [6.07, 6.45) is -22.0. The van der Waals surface area contributed by atoms with Gasteiger partial charge in [0.25, 0.3) is 0 Å². The highest BCUT2D eigenvalue weighted by Crippen LogP contribution is 2.79. The maximum Gasteiger partial charge on any atom is 0.335 e. The number of carbonyl (C=O) groups excluding carboxylic acids is 1. The smallest absolute Gasteiger partial charge is 0.335 e. The van der Waals surface area contributed by atoms with E-state index in [9.17, 15) is 70.6 Å². The van der Waals surface area contributed by atoms with Crippen LogP contribution in [0.25, 0.3) is 0 Å². The normalized spacial score (nSPS) is 54.3. The van der Waals surface area contributed by atoms with Crippen LogP contribution in [0.4, 0.5) is 0 Å². The van der Waals surface area contributed by atoms with E-state index in [0.717, 1.165) is 11.9 Å². The van der Waals surface area contributed by atoms with Crippen molar-refractivity contribution in [2.24, 2.45) is 56.7 Å². The Bertz CT molecular complexity index is 1930. The lowest BCUT2D eigenvalue weighted by Gasteiger charge is -2.74. The lowest BCUT2D eigenvalue weighted by molar-refractivity contribution is -0.393. The van der Waals surface area contributed by atoms with E-state index < -0.39 is 150 Å². The Morgan fingerprint density at radius 1 is 0.765 bits per heavy atom. The van der Waals surface area contributed by atoms with Gasteiger partial charge in [0.15, 0.2) is 25.0 Å². The van der Waals surface area contributed by atoms with Crippen LogP contribution in [0.5, 0.6) is 0 Å². The lowest BCUT2D eigenvalue weighted by Crippen LogP contribution is -2.71. The van der Waals surface area contributed by atoms with Crippen LogP contribution in [0.3, 0.4) is 0 Å². The summed E-state index contributed by atoms with van der Waals surface area (Å²) in [6.45, 7) is 13.4. The van der Waals surface area contributed by atoms with Gasteiger partial charge in [-0.2, -0.15) is 0 Å². The molecule has 3 saturated heterocycles. The van der Waals surface area contributed by atoms with E-state index in [1.807, 2.05) is 0 Å². The maximum absolute atomic E-state index is 13.6. The molecule has 5 aliphatic carbocycles. The van der Waals surface area contributed by atoms with Crippen LogP contribution in [-0.4, -0.2) is 185 Å². The fourth-order valence-electron chi connectivity index (χ4n) is 15.1. The van der Waals surface area contributed by atoms with Gasteiger partial charge in [0.05, 0.1) is 24.9 Å². The van der Waals surface area contributed by atoms with Gasteiger partial charge in [-0.25, -0.2) is 4.79 Å². The molecule has 20 nitrogen and oxygen atoms in total. The summed E-state index contributed by atoms with van der Waals surface area (Å²) >= 11 is 0. The van der Waals surface area contributed by atoms with Crippen molar-refractivity contribution >= 4 is 18.2 Å². The molecule has 0 aromatic carbocycles. The van der Waals surface area contributed by atoms with Crippen molar-refractivity contribution in [3.8, 4) is 0 Å². The Morgan fingerprint density at radius 2 is 1.40 bits per heavy atom. The molecule has 8 rings (SSSR count). The first-order chi connectivity index (χ1) is 31.8. The first-order valence-electron chi connectivity index (χ1n) is 24.4. The van der Waals surface area contributed by atoms with E-state index in [-0.39, 0.29) is 35.5 Å². The van der Waals surface area contributed by atoms with Crippen LogP contribution in [0.2, 0.25) is 0 Å². The maximum atomic E-state index is 13.6. The average molecular weight is 971 g/mol. The number of rotatable bonds is 11. The number of carboxylic acid groups (broad SMARTS) is 2. The first kappa shape index (κ1) is 52.1. The lowest BCUT2D eigenvalue weighted by atomic mass is 9.30. The van der Waals surface area contributed by atoms with Crippen molar-refractivity contribution in [2.75, 3.05) is 6.61 Å². The van der Waals surface area contributed by atoms with Gasteiger partial charge in [-0.05, 0) is 86.4 Å². The predicted octanol–water partition coefficient (Wildman–Crippen LogP) is -0.168. The molecule has 386 valence electrons. The fourth-order valence-corrected chi connectivity index (χ4v) is 15.1. The zero-order valence-corrected chi connectivity index (χ0v) is 39.8. The zero-order valence-electron chi connectivity index (χ0n) is 39.8. The molecule has 3 aliphatic heterocycles. The highest BCUT2D eigenvalue weighted by molar-refractivity contribution is 5.78. The zero-order chi connectivity index (χ0) is 50.0. The number of carbonyl (C=O) groups is 3. The highest BCUT2D eigenvalue weighted by Gasteiger charge is 2.75. The van der Waals surface area contributed by atoms with Gasteiger partial charge in [-0.15, -0.1) is 0 Å². The largest absolute Gasteiger partial charge is 0.481 e. The molecule has 1 spiro atoms. The molecule has 0 aromatic heterocycles. The number of aliphatic hydroxyl groups excluding tert-OH is 9. The van der Waals surface area contributed by atoms with E-state index in [1.165, 1.54) is 6.92 Å². The molecule has 0 radical (unpaired) electrons. The second-order valence-electron chi connectivity index (χ2n) is 22.8. The molecule has 3 heterocycles. The summed E-state index contributed by atoms with van der Waals surface area (Å²) < 4.78 is 36.2. The Labute approximate surface area is 395 Å². The number of aliphatic carboxylic acids is 2. The number of aldehydes is 1. The summed E-state index contributed by atoms with van der Waals surface area (Å²) in [4.78, 5) is 39.6. The summed E-state index contributed by atoms with van der Waals surface area (Å²) in [5.74, 6) is -4.33. The van der Waals surface area contributed by atoms with E-state index in [0.29, 0.717) is 44.9 Å². The summed E-state index contributed by atoms with van der Waals surface area (Å²) in [5.41, 5.74) is -1.75. The van der Waals surface area contributed by atoms with E-state index >= 15 is 0 Å². The number of hydrogen-bond donors (Lipinski definition) is 11. The van der Waals surface area contributed by atoms with Crippen LogP contribution in [0, 0.1) is 56.7 Å². The molecule has 0 bridgehead atoms. The highest BCUT2D eigenvalue weighted by atomic mass is 16.8. The van der Waals surface area contributed by atoms with Crippen LogP contribution < -0.4 is 0 Å². The minimum absolute atomic E-state index is 0.0299. The van der Waals surface area contributed by atoms with Crippen molar-refractivity contribution in [3.63, 3.8) is 0 Å². The molecule has 68 heavy (non-hydrogen) atoms. The molecule has 11 N–H and O–H groups in total. The van der Waals surface area contributed by atoms with Gasteiger partial charge in [0.1, 0.15) is 72.7 Å². The quantitative estimate of drug-likeness (QED) is 0.0728. The van der Waals surface area contributed by atoms with Crippen molar-refractivity contribution in [2.45, 2.75) is 204 Å². The van der Waals surface area contributed by atoms with Gasteiger partial charge >= 0.3 is 11.9 Å². The standard InChI is InChI=1S/C48H74O20/c1-8-27-46(7)19(2)13-25(21(17-49)22(46)9-10-47(27)15-23-24-14-44(4,5)11-12-48(24,43(61)62)28(51)16-45(23,47)6)64-42-38(68-41-34(57)32(55)30(53)26(18-50)65-41)36(35(58)37(67-42)39(59)60)66-40-33(56)31(54)29(52)20(3)63-40/h15,17,19-22,24-38,40-42,50-58H,8-14,16,18H2,1-7H3,(H,59,60)(H,61,62)/t19?,20?,21?,22?,24?,25-,26?,27?,28-,29-,30-,31?,32?,33?,34?,35-,36?,37?,38?,40-,41-,42+,45?,46?,47?,48+/m0/s1. The monoisotopic (exact) mass is 970 g/mol. The number of ether oxygens (including phenoxy) is 6. The number of allylic oxidation sites excluding steroid dienone is 2. The van der Waals surface area contributed by atoms with Crippen LogP contribution >= 0.6 is 0 Å². The summed E-state index contributed by atoms with van der Waals surface area (Å²) in [7, 11) is 0. The Hall–Kier alpha value is -2.25. The van der Waals surface area contributed by atoms with Crippen molar-refractivity contribution in [1.29, 1.82) is 0 Å². The topological polar surface area (TPSA) is 329 Å². The molecule has 0 amide bonds. The van der Waals surface area contributed by atoms with Crippen LogP contribution in [-0.2, 0) is 42.8 Å². The molecule has 7 fully saturated rings. The van der Waals surface area contributed by atoms with Crippen molar-refractivity contribution < 1.29 is 99.0 Å². The molecule has 8 aliphatic rings. The van der Waals surface area contributed by atoms with Gasteiger partial charge in [0, 0.05) is 16.7 Å². The van der Waals surface area contributed by atoms with Gasteiger partial charge < -0.3 is 89.4 Å². The third kappa shape index (κ3) is 7.68. The van der Waals surface area contributed by atoms with E-state index in [1.54, 1.807) is 0 Å². The summed E-state index contributed by atoms with van der Waals surface area (Å²) in [6, 6.07) is 0. The minimum atomic E-state index is -2.15. The van der Waals surface area contributed by atoms with Gasteiger partial charge in [0.2, 0.25) is 0 Å². The second-order valence-corrected chi connectivity index (χ2v) is 22.8. The number of hydrogen-bond acceptors (Lipinski definition) is 18. The predicted molar refractivity (Wildman–Crippen MR) is 231 cm³/mol. The molecule has 17 unspecified atom stereocenters. The van der Waals surface area contributed by atoms with Gasteiger partial charge in [-0.3, -0.25) is 4.79 Å². The molecular formula is C48H74O20. The molecule has 0 aromatic rings. The average Bonchev–Trinajstić information content (AvgIpc) is 3.27. The van der Waals surface area contributed by atoms with Crippen LogP contribution in [0.15, 0.2) is 11.6 Å². The SMILES string of the molecule is CCC1C2(C)C(C)C[C@H](O[C@@H]3OC(C(=O)O)[C@@H](O)C(O[C@@H]4OC(C)[C@H](O)C(O)C4O)C3O[C@@H]3OC(CO)[C@H](O)C(O)C3O)C(C=O)C2CCC12C=C1C3CC(C)(C)CC[C@]3(C(=O)O)[C@@H](O)CC12C.